The van der Waals surface area contributed by atoms with Gasteiger partial charge in [0, 0.05) is 37.0 Å². The van der Waals surface area contributed by atoms with Crippen molar-refractivity contribution in [3.63, 3.8) is 0 Å². The fourth-order valence-corrected chi connectivity index (χ4v) is 3.55. The van der Waals surface area contributed by atoms with Crippen LogP contribution < -0.4 is 9.64 Å². The summed E-state index contributed by atoms with van der Waals surface area (Å²) in [4.78, 5) is 9.38. The molecule has 1 saturated heterocycles. The lowest BCUT2D eigenvalue weighted by Gasteiger charge is -2.33. The first-order valence-corrected chi connectivity index (χ1v) is 7.19. The maximum absolute atomic E-state index is 5.45. The molecule has 0 radical (unpaired) electrons. The van der Waals surface area contributed by atoms with Gasteiger partial charge in [0.2, 0.25) is 5.88 Å². The number of likely N-dealkylation sites (tertiary alicyclic amines) is 1. The molecule has 1 aromatic heterocycles. The number of nitrogens with zero attached hydrogens (tertiary/aromatic N) is 3. The van der Waals surface area contributed by atoms with E-state index in [-0.39, 0.29) is 0 Å². The standard InChI is InChI=1S/C15H23N3O/c1-17-8-5-7-13(17)12-10-16-15(19-3)11-6-4-9-18(2)14(11)12/h10,13H,4-9H2,1-3H3/t13-/m0/s1. The van der Waals surface area contributed by atoms with Crippen molar-refractivity contribution >= 4 is 5.69 Å². The molecule has 0 amide bonds. The Hall–Kier alpha value is -1.29. The molecule has 0 spiro atoms. The Bertz CT molecular complexity index is 475. The topological polar surface area (TPSA) is 28.6 Å². The zero-order chi connectivity index (χ0) is 13.4. The number of anilines is 1. The molecule has 2 aliphatic heterocycles. The lowest BCUT2D eigenvalue weighted by molar-refractivity contribution is 0.315. The molecule has 1 atom stereocenters. The Morgan fingerprint density at radius 3 is 2.79 bits per heavy atom. The van der Waals surface area contributed by atoms with Gasteiger partial charge in [-0.2, -0.15) is 0 Å². The third-order valence-electron chi connectivity index (χ3n) is 4.51. The summed E-state index contributed by atoms with van der Waals surface area (Å²) in [6.07, 6.45) is 6.83. The molecule has 3 heterocycles. The maximum Gasteiger partial charge on any atom is 0.218 e. The summed E-state index contributed by atoms with van der Waals surface area (Å²) in [6.45, 7) is 2.32. The smallest absolute Gasteiger partial charge is 0.218 e. The molecule has 1 fully saturated rings. The molecular weight excluding hydrogens is 238 g/mol. The van der Waals surface area contributed by atoms with Crippen LogP contribution in [0.1, 0.15) is 36.4 Å². The van der Waals surface area contributed by atoms with E-state index in [9.17, 15) is 0 Å². The number of aromatic nitrogens is 1. The molecule has 0 aromatic carbocycles. The molecule has 0 N–H and O–H groups in total. The van der Waals surface area contributed by atoms with Crippen LogP contribution in [0.25, 0.3) is 0 Å². The third-order valence-corrected chi connectivity index (χ3v) is 4.51. The SMILES string of the molecule is COc1ncc([C@@H]2CCCN2C)c2c1CCCN2C. The molecule has 19 heavy (non-hydrogen) atoms. The fraction of sp³-hybridized carbons (Fsp3) is 0.667. The normalized spacial score (nSPS) is 23.5. The van der Waals surface area contributed by atoms with Crippen molar-refractivity contribution in [1.82, 2.24) is 9.88 Å². The second-order valence-corrected chi connectivity index (χ2v) is 5.71. The fourth-order valence-electron chi connectivity index (χ4n) is 3.55. The van der Waals surface area contributed by atoms with Gasteiger partial charge >= 0.3 is 0 Å². The minimum atomic E-state index is 0.521. The van der Waals surface area contributed by atoms with Crippen molar-refractivity contribution in [2.24, 2.45) is 0 Å². The van der Waals surface area contributed by atoms with Gasteiger partial charge in [0.25, 0.3) is 0 Å². The Balaban J connectivity index is 2.10. The van der Waals surface area contributed by atoms with E-state index in [4.69, 9.17) is 4.74 Å². The second kappa shape index (κ2) is 5.00. The zero-order valence-corrected chi connectivity index (χ0v) is 12.1. The van der Waals surface area contributed by atoms with Gasteiger partial charge in [0.15, 0.2) is 0 Å². The summed E-state index contributed by atoms with van der Waals surface area (Å²) in [5, 5.41) is 0. The first-order chi connectivity index (χ1) is 9.22. The maximum atomic E-state index is 5.45. The Morgan fingerprint density at radius 2 is 2.11 bits per heavy atom. The molecule has 2 aliphatic rings. The molecule has 0 unspecified atom stereocenters. The first-order valence-electron chi connectivity index (χ1n) is 7.19. The van der Waals surface area contributed by atoms with E-state index in [1.54, 1.807) is 7.11 Å². The van der Waals surface area contributed by atoms with E-state index >= 15 is 0 Å². The molecule has 0 aliphatic carbocycles. The molecule has 4 nitrogen and oxygen atoms in total. The van der Waals surface area contributed by atoms with Crippen LogP contribution in [-0.4, -0.2) is 44.2 Å². The zero-order valence-electron chi connectivity index (χ0n) is 12.1. The van der Waals surface area contributed by atoms with Crippen LogP contribution in [-0.2, 0) is 6.42 Å². The molecule has 104 valence electrons. The number of ether oxygens (including phenoxy) is 1. The van der Waals surface area contributed by atoms with Gasteiger partial charge in [0.1, 0.15) is 0 Å². The van der Waals surface area contributed by atoms with Crippen LogP contribution in [0.3, 0.4) is 0 Å². The predicted octanol–water partition coefficient (Wildman–Crippen LogP) is 2.24. The Labute approximate surface area is 115 Å². The third kappa shape index (κ3) is 2.08. The van der Waals surface area contributed by atoms with Crippen LogP contribution in [0.4, 0.5) is 5.69 Å². The minimum Gasteiger partial charge on any atom is -0.481 e. The highest BCUT2D eigenvalue weighted by atomic mass is 16.5. The number of fused-ring (bicyclic) bond motifs is 1. The van der Waals surface area contributed by atoms with Gasteiger partial charge in [-0.15, -0.1) is 0 Å². The summed E-state index contributed by atoms with van der Waals surface area (Å²) in [7, 11) is 6.13. The number of rotatable bonds is 2. The quantitative estimate of drug-likeness (QED) is 0.816. The van der Waals surface area contributed by atoms with Crippen LogP contribution >= 0.6 is 0 Å². The average molecular weight is 261 g/mol. The number of hydrogen-bond donors (Lipinski definition) is 0. The summed E-state index contributed by atoms with van der Waals surface area (Å²) < 4.78 is 5.45. The van der Waals surface area contributed by atoms with Crippen LogP contribution in [0.15, 0.2) is 6.20 Å². The van der Waals surface area contributed by atoms with Crippen molar-refractivity contribution in [3.8, 4) is 5.88 Å². The predicted molar refractivity (Wildman–Crippen MR) is 77.0 cm³/mol. The average Bonchev–Trinajstić information content (AvgIpc) is 2.84. The second-order valence-electron chi connectivity index (χ2n) is 5.71. The highest BCUT2D eigenvalue weighted by Gasteiger charge is 2.30. The van der Waals surface area contributed by atoms with Crippen LogP contribution in [0.5, 0.6) is 5.88 Å². The van der Waals surface area contributed by atoms with Crippen LogP contribution in [0, 0.1) is 0 Å². The summed E-state index contributed by atoms with van der Waals surface area (Å²) in [6, 6.07) is 0.521. The number of pyridine rings is 1. The number of methoxy groups -OCH3 is 1. The molecule has 0 saturated carbocycles. The van der Waals surface area contributed by atoms with Crippen molar-refractivity contribution < 1.29 is 4.74 Å². The highest BCUT2D eigenvalue weighted by molar-refractivity contribution is 5.64. The molecule has 3 rings (SSSR count). The van der Waals surface area contributed by atoms with Gasteiger partial charge in [-0.05, 0) is 39.3 Å². The van der Waals surface area contributed by atoms with E-state index < -0.39 is 0 Å². The van der Waals surface area contributed by atoms with Gasteiger partial charge in [-0.25, -0.2) is 4.98 Å². The Morgan fingerprint density at radius 1 is 1.26 bits per heavy atom. The monoisotopic (exact) mass is 261 g/mol. The van der Waals surface area contributed by atoms with E-state index in [2.05, 4.69) is 28.9 Å². The van der Waals surface area contributed by atoms with E-state index in [1.165, 1.54) is 42.6 Å². The van der Waals surface area contributed by atoms with Crippen LogP contribution in [0.2, 0.25) is 0 Å². The van der Waals surface area contributed by atoms with Crippen molar-refractivity contribution in [1.29, 1.82) is 0 Å². The largest absolute Gasteiger partial charge is 0.481 e. The molecule has 4 heteroatoms. The summed E-state index contributed by atoms with van der Waals surface area (Å²) in [5.41, 5.74) is 4.06. The molecule has 1 aromatic rings. The first kappa shape index (κ1) is 12.7. The van der Waals surface area contributed by atoms with Gasteiger partial charge in [-0.3, -0.25) is 4.90 Å². The van der Waals surface area contributed by atoms with Gasteiger partial charge in [0.05, 0.1) is 12.8 Å². The van der Waals surface area contributed by atoms with E-state index in [0.717, 1.165) is 18.8 Å². The van der Waals surface area contributed by atoms with Gasteiger partial charge < -0.3 is 9.64 Å². The van der Waals surface area contributed by atoms with E-state index in [1.807, 2.05) is 6.20 Å². The lowest BCUT2D eigenvalue weighted by Crippen LogP contribution is -2.29. The summed E-state index contributed by atoms with van der Waals surface area (Å²) >= 11 is 0. The molecule has 0 bridgehead atoms. The van der Waals surface area contributed by atoms with Crippen molar-refractivity contribution in [3.05, 3.63) is 17.3 Å². The van der Waals surface area contributed by atoms with Crippen molar-refractivity contribution in [2.75, 3.05) is 39.2 Å². The lowest BCUT2D eigenvalue weighted by atomic mass is 9.95. The minimum absolute atomic E-state index is 0.521. The molecular formula is C15H23N3O. The Kier molecular flexibility index (Phi) is 3.35. The van der Waals surface area contributed by atoms with E-state index in [0.29, 0.717) is 6.04 Å². The highest BCUT2D eigenvalue weighted by Crippen LogP contribution is 2.42. The summed E-state index contributed by atoms with van der Waals surface area (Å²) in [5.74, 6) is 0.811. The van der Waals surface area contributed by atoms with Crippen molar-refractivity contribution in [2.45, 2.75) is 31.7 Å². The van der Waals surface area contributed by atoms with Gasteiger partial charge in [-0.1, -0.05) is 0 Å². The number of hydrogen-bond acceptors (Lipinski definition) is 4.